The second-order valence-corrected chi connectivity index (χ2v) is 6.42. The van der Waals surface area contributed by atoms with E-state index in [1.54, 1.807) is 0 Å². The SMILES string of the molecule is CCCC1CCc2nc(C3CC3)c(C(=O)OCC)cc2C1. The van der Waals surface area contributed by atoms with E-state index in [9.17, 15) is 4.79 Å². The Hall–Kier alpha value is -1.38. The lowest BCUT2D eigenvalue weighted by atomic mass is 9.83. The summed E-state index contributed by atoms with van der Waals surface area (Å²) in [6, 6.07) is 2.09. The molecule has 0 N–H and O–H groups in total. The fraction of sp³-hybridized carbons (Fsp3) is 0.667. The molecule has 0 saturated heterocycles. The predicted octanol–water partition coefficient (Wildman–Crippen LogP) is 4.04. The number of hydrogen-bond acceptors (Lipinski definition) is 3. The number of fused-ring (bicyclic) bond motifs is 1. The number of esters is 1. The lowest BCUT2D eigenvalue weighted by Crippen LogP contribution is -2.19. The third kappa shape index (κ3) is 3.12. The van der Waals surface area contributed by atoms with Gasteiger partial charge in [-0.05, 0) is 56.6 Å². The Morgan fingerprint density at radius 2 is 2.14 bits per heavy atom. The number of aryl methyl sites for hydroxylation is 1. The van der Waals surface area contributed by atoms with Crippen molar-refractivity contribution in [2.75, 3.05) is 6.61 Å². The van der Waals surface area contributed by atoms with Crippen LogP contribution >= 0.6 is 0 Å². The number of aromatic nitrogens is 1. The molecule has 0 amide bonds. The molecular weight excluding hydrogens is 262 g/mol. The lowest BCUT2D eigenvalue weighted by molar-refractivity contribution is 0.0524. The van der Waals surface area contributed by atoms with E-state index in [0.29, 0.717) is 12.5 Å². The molecule has 1 fully saturated rings. The van der Waals surface area contributed by atoms with Crippen LogP contribution in [0.2, 0.25) is 0 Å². The van der Waals surface area contributed by atoms with Gasteiger partial charge >= 0.3 is 5.97 Å². The van der Waals surface area contributed by atoms with Crippen LogP contribution in [0.3, 0.4) is 0 Å². The van der Waals surface area contributed by atoms with Crippen molar-refractivity contribution < 1.29 is 9.53 Å². The number of ether oxygens (including phenoxy) is 1. The maximum Gasteiger partial charge on any atom is 0.339 e. The van der Waals surface area contributed by atoms with E-state index in [1.807, 2.05) is 6.92 Å². The molecule has 1 unspecified atom stereocenters. The molecular formula is C18H25NO2. The molecule has 1 aromatic heterocycles. The fourth-order valence-electron chi connectivity index (χ4n) is 3.45. The molecule has 21 heavy (non-hydrogen) atoms. The smallest absolute Gasteiger partial charge is 0.339 e. The number of carbonyl (C=O) groups excluding carboxylic acids is 1. The van der Waals surface area contributed by atoms with Gasteiger partial charge in [-0.25, -0.2) is 4.79 Å². The third-order valence-corrected chi connectivity index (χ3v) is 4.67. The highest BCUT2D eigenvalue weighted by molar-refractivity contribution is 5.91. The fourth-order valence-corrected chi connectivity index (χ4v) is 3.45. The predicted molar refractivity (Wildman–Crippen MR) is 82.6 cm³/mol. The van der Waals surface area contributed by atoms with Crippen LogP contribution in [-0.2, 0) is 17.6 Å². The summed E-state index contributed by atoms with van der Waals surface area (Å²) in [6.07, 6.45) is 8.23. The van der Waals surface area contributed by atoms with E-state index >= 15 is 0 Å². The molecule has 2 aliphatic rings. The summed E-state index contributed by atoms with van der Waals surface area (Å²) in [5, 5.41) is 0. The number of pyridine rings is 1. The highest BCUT2D eigenvalue weighted by Gasteiger charge is 2.32. The Morgan fingerprint density at radius 3 is 2.81 bits per heavy atom. The van der Waals surface area contributed by atoms with Gasteiger partial charge < -0.3 is 4.74 Å². The summed E-state index contributed by atoms with van der Waals surface area (Å²) in [5.41, 5.74) is 4.25. The minimum Gasteiger partial charge on any atom is -0.462 e. The molecule has 114 valence electrons. The van der Waals surface area contributed by atoms with Crippen LogP contribution in [0.25, 0.3) is 0 Å². The van der Waals surface area contributed by atoms with Gasteiger partial charge in [-0.2, -0.15) is 0 Å². The first-order valence-electron chi connectivity index (χ1n) is 8.42. The lowest BCUT2D eigenvalue weighted by Gasteiger charge is -2.25. The van der Waals surface area contributed by atoms with E-state index in [2.05, 4.69) is 13.0 Å². The highest BCUT2D eigenvalue weighted by atomic mass is 16.5. The van der Waals surface area contributed by atoms with Crippen LogP contribution in [0.1, 0.15) is 79.2 Å². The Labute approximate surface area is 127 Å². The molecule has 1 saturated carbocycles. The van der Waals surface area contributed by atoms with Gasteiger partial charge in [0.1, 0.15) is 0 Å². The zero-order chi connectivity index (χ0) is 14.8. The van der Waals surface area contributed by atoms with Gasteiger partial charge in [0.2, 0.25) is 0 Å². The summed E-state index contributed by atoms with van der Waals surface area (Å²) in [4.78, 5) is 17.1. The minimum atomic E-state index is -0.188. The Kier molecular flexibility index (Phi) is 4.27. The van der Waals surface area contributed by atoms with Gasteiger partial charge in [-0.1, -0.05) is 19.8 Å². The molecule has 3 rings (SSSR count). The van der Waals surface area contributed by atoms with Crippen molar-refractivity contribution in [2.45, 2.75) is 64.7 Å². The Bertz CT molecular complexity index is 534. The van der Waals surface area contributed by atoms with Crippen LogP contribution < -0.4 is 0 Å². The first-order chi connectivity index (χ1) is 10.2. The zero-order valence-corrected chi connectivity index (χ0v) is 13.2. The first kappa shape index (κ1) is 14.6. The van der Waals surface area contributed by atoms with Crippen LogP contribution in [-0.4, -0.2) is 17.6 Å². The van der Waals surface area contributed by atoms with Crippen molar-refractivity contribution in [2.24, 2.45) is 5.92 Å². The van der Waals surface area contributed by atoms with E-state index in [-0.39, 0.29) is 5.97 Å². The molecule has 0 radical (unpaired) electrons. The quantitative estimate of drug-likeness (QED) is 0.767. The van der Waals surface area contributed by atoms with Crippen molar-refractivity contribution in [1.29, 1.82) is 0 Å². The zero-order valence-electron chi connectivity index (χ0n) is 13.2. The largest absolute Gasteiger partial charge is 0.462 e. The minimum absolute atomic E-state index is 0.188. The average Bonchev–Trinajstić information content (AvgIpc) is 3.31. The third-order valence-electron chi connectivity index (χ3n) is 4.67. The Balaban J connectivity index is 1.91. The van der Waals surface area contributed by atoms with E-state index in [0.717, 1.165) is 42.9 Å². The van der Waals surface area contributed by atoms with Gasteiger partial charge in [0, 0.05) is 11.6 Å². The molecule has 3 nitrogen and oxygen atoms in total. The molecule has 0 aliphatic heterocycles. The van der Waals surface area contributed by atoms with Crippen molar-refractivity contribution in [1.82, 2.24) is 4.98 Å². The summed E-state index contributed by atoms with van der Waals surface area (Å²) in [7, 11) is 0. The van der Waals surface area contributed by atoms with Crippen LogP contribution in [0.15, 0.2) is 6.07 Å². The first-order valence-corrected chi connectivity index (χ1v) is 8.42. The second kappa shape index (κ2) is 6.17. The molecule has 1 aromatic rings. The number of hydrogen-bond donors (Lipinski definition) is 0. The standard InChI is InChI=1S/C18H25NO2/c1-3-5-12-6-9-16-14(10-12)11-15(18(20)21-4-2)17(19-16)13-7-8-13/h11-13H,3-10H2,1-2H3. The van der Waals surface area contributed by atoms with E-state index in [1.165, 1.54) is 30.5 Å². The molecule has 0 spiro atoms. The molecule has 0 aromatic carbocycles. The highest BCUT2D eigenvalue weighted by Crippen LogP contribution is 2.42. The summed E-state index contributed by atoms with van der Waals surface area (Å²) >= 11 is 0. The second-order valence-electron chi connectivity index (χ2n) is 6.42. The number of carbonyl (C=O) groups is 1. The van der Waals surface area contributed by atoms with Crippen LogP contribution in [0.5, 0.6) is 0 Å². The maximum absolute atomic E-state index is 12.2. The molecule has 3 heteroatoms. The van der Waals surface area contributed by atoms with Crippen molar-refractivity contribution in [3.05, 3.63) is 28.6 Å². The number of rotatable bonds is 5. The molecule has 2 aliphatic carbocycles. The van der Waals surface area contributed by atoms with Gasteiger partial charge in [0.05, 0.1) is 17.9 Å². The van der Waals surface area contributed by atoms with Gasteiger partial charge in [0.25, 0.3) is 0 Å². The summed E-state index contributed by atoms with van der Waals surface area (Å²) < 4.78 is 5.23. The van der Waals surface area contributed by atoms with Crippen LogP contribution in [0.4, 0.5) is 0 Å². The van der Waals surface area contributed by atoms with Crippen molar-refractivity contribution >= 4 is 5.97 Å². The molecule has 1 atom stereocenters. The van der Waals surface area contributed by atoms with E-state index < -0.39 is 0 Å². The van der Waals surface area contributed by atoms with Crippen molar-refractivity contribution in [3.8, 4) is 0 Å². The Morgan fingerprint density at radius 1 is 1.33 bits per heavy atom. The van der Waals surface area contributed by atoms with Gasteiger partial charge in [0.15, 0.2) is 0 Å². The van der Waals surface area contributed by atoms with E-state index in [4.69, 9.17) is 9.72 Å². The maximum atomic E-state index is 12.2. The molecule has 1 heterocycles. The average molecular weight is 287 g/mol. The summed E-state index contributed by atoms with van der Waals surface area (Å²) in [5.74, 6) is 1.06. The van der Waals surface area contributed by atoms with Gasteiger partial charge in [-0.15, -0.1) is 0 Å². The summed E-state index contributed by atoms with van der Waals surface area (Å²) in [6.45, 7) is 4.53. The molecule has 0 bridgehead atoms. The van der Waals surface area contributed by atoms with Crippen molar-refractivity contribution in [3.63, 3.8) is 0 Å². The van der Waals surface area contributed by atoms with Crippen LogP contribution in [0, 0.1) is 5.92 Å². The topological polar surface area (TPSA) is 39.2 Å². The number of nitrogens with zero attached hydrogens (tertiary/aromatic N) is 1. The monoisotopic (exact) mass is 287 g/mol. The normalized spacial score (nSPS) is 21.0. The van der Waals surface area contributed by atoms with Gasteiger partial charge in [-0.3, -0.25) is 4.98 Å².